The normalized spacial score (nSPS) is 21.4. The van der Waals surface area contributed by atoms with Crippen LogP contribution in [-0.4, -0.2) is 31.9 Å². The Bertz CT molecular complexity index is 523. The van der Waals surface area contributed by atoms with E-state index in [0.717, 1.165) is 37.4 Å². The number of carbonyl (C=O) groups is 1. The van der Waals surface area contributed by atoms with Gasteiger partial charge in [-0.2, -0.15) is 0 Å². The molecule has 0 spiro atoms. The molecule has 0 bridgehead atoms. The van der Waals surface area contributed by atoms with Gasteiger partial charge < -0.3 is 20.1 Å². The van der Waals surface area contributed by atoms with Crippen molar-refractivity contribution in [2.45, 2.75) is 51.0 Å². The lowest BCUT2D eigenvalue weighted by Gasteiger charge is -2.21. The summed E-state index contributed by atoms with van der Waals surface area (Å²) in [6.07, 6.45) is 8.73. The fourth-order valence-corrected chi connectivity index (χ4v) is 3.43. The van der Waals surface area contributed by atoms with Crippen LogP contribution in [0.25, 0.3) is 0 Å². The van der Waals surface area contributed by atoms with E-state index in [1.54, 1.807) is 0 Å². The van der Waals surface area contributed by atoms with Crippen LogP contribution < -0.4 is 15.4 Å². The van der Waals surface area contributed by atoms with Gasteiger partial charge >= 0.3 is 6.03 Å². The summed E-state index contributed by atoms with van der Waals surface area (Å²) in [5.74, 6) is 1.39. The molecule has 1 saturated heterocycles. The number of carbonyl (C=O) groups excluding carboxylic acids is 1. The van der Waals surface area contributed by atoms with Crippen molar-refractivity contribution in [2.24, 2.45) is 5.92 Å². The molecule has 24 heavy (non-hydrogen) atoms. The van der Waals surface area contributed by atoms with Crippen LogP contribution in [0, 0.1) is 5.92 Å². The first-order valence-electron chi connectivity index (χ1n) is 9.19. The van der Waals surface area contributed by atoms with Crippen LogP contribution in [0.2, 0.25) is 0 Å². The summed E-state index contributed by atoms with van der Waals surface area (Å²) in [5, 5.41) is 5.87. The van der Waals surface area contributed by atoms with Gasteiger partial charge in [0.25, 0.3) is 0 Å². The van der Waals surface area contributed by atoms with Crippen molar-refractivity contribution < 1.29 is 14.3 Å². The van der Waals surface area contributed by atoms with Crippen LogP contribution in [0.5, 0.6) is 5.75 Å². The fraction of sp³-hybridized carbons (Fsp3) is 0.632. The molecule has 2 amide bonds. The van der Waals surface area contributed by atoms with E-state index in [9.17, 15) is 4.79 Å². The molecule has 5 nitrogen and oxygen atoms in total. The third kappa shape index (κ3) is 5.41. The number of nitrogens with one attached hydrogen (secondary N) is 2. The van der Waals surface area contributed by atoms with Gasteiger partial charge in [0.15, 0.2) is 0 Å². The van der Waals surface area contributed by atoms with Crippen LogP contribution in [0.4, 0.5) is 10.5 Å². The van der Waals surface area contributed by atoms with E-state index in [1.807, 2.05) is 24.3 Å². The van der Waals surface area contributed by atoms with E-state index in [-0.39, 0.29) is 12.1 Å². The zero-order valence-electron chi connectivity index (χ0n) is 14.3. The number of benzene rings is 1. The minimum Gasteiger partial charge on any atom is -0.491 e. The van der Waals surface area contributed by atoms with E-state index < -0.39 is 0 Å². The van der Waals surface area contributed by atoms with E-state index in [0.29, 0.717) is 12.5 Å². The molecule has 1 aliphatic carbocycles. The van der Waals surface area contributed by atoms with E-state index >= 15 is 0 Å². The van der Waals surface area contributed by atoms with Gasteiger partial charge in [-0.25, -0.2) is 4.79 Å². The predicted octanol–water partition coefficient (Wildman–Crippen LogP) is 3.95. The van der Waals surface area contributed by atoms with Crippen LogP contribution in [0.15, 0.2) is 24.3 Å². The average molecular weight is 332 g/mol. The largest absolute Gasteiger partial charge is 0.491 e. The quantitative estimate of drug-likeness (QED) is 0.829. The summed E-state index contributed by atoms with van der Waals surface area (Å²) in [6.45, 7) is 2.16. The lowest BCUT2D eigenvalue weighted by Crippen LogP contribution is -2.33. The molecule has 1 unspecified atom stereocenters. The van der Waals surface area contributed by atoms with Crippen LogP contribution in [0.3, 0.4) is 0 Å². The second-order valence-corrected chi connectivity index (χ2v) is 6.81. The van der Waals surface area contributed by atoms with Gasteiger partial charge in [-0.3, -0.25) is 0 Å². The van der Waals surface area contributed by atoms with Gasteiger partial charge in [0.05, 0.1) is 6.10 Å². The standard InChI is InChI=1S/C19H28N2O3/c22-19(20-13-15-6-2-1-3-7-15)21-16-8-4-9-17(12-16)24-14-18-10-5-11-23-18/h4,8-9,12,15,18H,1-3,5-7,10-11,13-14H2,(H2,20,21,22). The molecule has 2 N–H and O–H groups in total. The molecule has 0 aromatic heterocycles. The molecule has 1 aromatic carbocycles. The second-order valence-electron chi connectivity index (χ2n) is 6.81. The maximum Gasteiger partial charge on any atom is 0.319 e. The highest BCUT2D eigenvalue weighted by Crippen LogP contribution is 2.23. The van der Waals surface area contributed by atoms with E-state index in [1.165, 1.54) is 32.1 Å². The minimum absolute atomic E-state index is 0.142. The van der Waals surface area contributed by atoms with Crippen molar-refractivity contribution in [1.29, 1.82) is 0 Å². The van der Waals surface area contributed by atoms with Crippen LogP contribution in [-0.2, 0) is 4.74 Å². The number of rotatable bonds is 6. The summed E-state index contributed by atoms with van der Waals surface area (Å²) < 4.78 is 11.3. The summed E-state index contributed by atoms with van der Waals surface area (Å²) in [5.41, 5.74) is 0.751. The van der Waals surface area contributed by atoms with E-state index in [4.69, 9.17) is 9.47 Å². The summed E-state index contributed by atoms with van der Waals surface area (Å²) in [7, 11) is 0. The summed E-state index contributed by atoms with van der Waals surface area (Å²) in [6, 6.07) is 7.38. The monoisotopic (exact) mass is 332 g/mol. The number of hydrogen-bond acceptors (Lipinski definition) is 3. The molecule has 3 rings (SSSR count). The maximum atomic E-state index is 12.1. The van der Waals surface area contributed by atoms with Gasteiger partial charge in [0.1, 0.15) is 12.4 Å². The molecule has 2 aliphatic rings. The molecule has 1 heterocycles. The Labute approximate surface area is 144 Å². The minimum atomic E-state index is -0.142. The van der Waals surface area contributed by atoms with Crippen molar-refractivity contribution in [3.8, 4) is 5.75 Å². The summed E-state index contributed by atoms with van der Waals surface area (Å²) in [4.78, 5) is 12.1. The SMILES string of the molecule is O=C(NCC1CCCCC1)Nc1cccc(OCC2CCCO2)c1. The van der Waals surface area contributed by atoms with Crippen molar-refractivity contribution in [3.63, 3.8) is 0 Å². The van der Waals surface area contributed by atoms with Crippen molar-refractivity contribution >= 4 is 11.7 Å². The molecule has 132 valence electrons. The first-order chi connectivity index (χ1) is 11.8. The highest BCUT2D eigenvalue weighted by atomic mass is 16.5. The Hall–Kier alpha value is -1.75. The highest BCUT2D eigenvalue weighted by molar-refractivity contribution is 5.89. The molecule has 1 aliphatic heterocycles. The van der Waals surface area contributed by atoms with Crippen LogP contribution in [0.1, 0.15) is 44.9 Å². The molecule has 1 aromatic rings. The molecule has 1 saturated carbocycles. The Morgan fingerprint density at radius 3 is 2.83 bits per heavy atom. The number of hydrogen-bond donors (Lipinski definition) is 2. The van der Waals surface area contributed by atoms with Gasteiger partial charge in [-0.1, -0.05) is 25.3 Å². The third-order valence-electron chi connectivity index (χ3n) is 4.83. The maximum absolute atomic E-state index is 12.1. The van der Waals surface area contributed by atoms with Gasteiger partial charge in [0, 0.05) is 24.9 Å². The second kappa shape index (κ2) is 8.92. The molecule has 0 radical (unpaired) electrons. The molecular formula is C19H28N2O3. The average Bonchev–Trinajstić information content (AvgIpc) is 3.13. The van der Waals surface area contributed by atoms with Crippen molar-refractivity contribution in [1.82, 2.24) is 5.32 Å². The van der Waals surface area contributed by atoms with E-state index in [2.05, 4.69) is 10.6 Å². The summed E-state index contributed by atoms with van der Waals surface area (Å²) >= 11 is 0. The van der Waals surface area contributed by atoms with Gasteiger partial charge in [-0.15, -0.1) is 0 Å². The third-order valence-corrected chi connectivity index (χ3v) is 4.83. The first-order valence-corrected chi connectivity index (χ1v) is 9.19. The number of urea groups is 1. The predicted molar refractivity (Wildman–Crippen MR) is 94.5 cm³/mol. The first kappa shape index (κ1) is 17.1. The fourth-order valence-electron chi connectivity index (χ4n) is 3.43. The molecule has 2 fully saturated rings. The highest BCUT2D eigenvalue weighted by Gasteiger charge is 2.16. The topological polar surface area (TPSA) is 59.6 Å². The zero-order chi connectivity index (χ0) is 16.6. The number of amides is 2. The molecule has 5 heteroatoms. The Kier molecular flexibility index (Phi) is 6.35. The number of anilines is 1. The zero-order valence-corrected chi connectivity index (χ0v) is 14.3. The van der Waals surface area contributed by atoms with Crippen molar-refractivity contribution in [2.75, 3.05) is 25.1 Å². The Morgan fingerprint density at radius 1 is 1.17 bits per heavy atom. The van der Waals surface area contributed by atoms with Crippen molar-refractivity contribution in [3.05, 3.63) is 24.3 Å². The smallest absolute Gasteiger partial charge is 0.319 e. The van der Waals surface area contributed by atoms with Gasteiger partial charge in [-0.05, 0) is 43.7 Å². The number of ether oxygens (including phenoxy) is 2. The Morgan fingerprint density at radius 2 is 2.04 bits per heavy atom. The van der Waals surface area contributed by atoms with Gasteiger partial charge in [0.2, 0.25) is 0 Å². The molecular weight excluding hydrogens is 304 g/mol. The lowest BCUT2D eigenvalue weighted by atomic mass is 9.89. The molecule has 1 atom stereocenters. The lowest BCUT2D eigenvalue weighted by molar-refractivity contribution is 0.0680. The van der Waals surface area contributed by atoms with Crippen LogP contribution >= 0.6 is 0 Å². The Balaban J connectivity index is 1.42.